The summed E-state index contributed by atoms with van der Waals surface area (Å²) >= 11 is 0. The van der Waals surface area contributed by atoms with Crippen LogP contribution in [0, 0.1) is 6.92 Å². The number of hydrogen-bond donors (Lipinski definition) is 1. The lowest BCUT2D eigenvalue weighted by molar-refractivity contribution is 0.489. The molecule has 106 valence electrons. The van der Waals surface area contributed by atoms with E-state index in [2.05, 4.69) is 15.5 Å². The van der Waals surface area contributed by atoms with E-state index in [-0.39, 0.29) is 17.5 Å². The molecule has 2 aromatic rings. The number of tetrazole rings is 1. The number of rotatable bonds is 2. The quantitative estimate of drug-likeness (QED) is 0.813. The molecule has 1 unspecified atom stereocenters. The largest absolute Gasteiger partial charge is 0.398 e. The summed E-state index contributed by atoms with van der Waals surface area (Å²) in [5, 5.41) is 11.7. The molecule has 1 fully saturated rings. The molecule has 7 nitrogen and oxygen atoms in total. The van der Waals surface area contributed by atoms with Gasteiger partial charge in [0.2, 0.25) is 0 Å². The molecular formula is C12H15N5O2S. The average molecular weight is 293 g/mol. The molecule has 8 heteroatoms. The van der Waals surface area contributed by atoms with E-state index >= 15 is 0 Å². The lowest BCUT2D eigenvalue weighted by atomic mass is 10.1. The van der Waals surface area contributed by atoms with E-state index in [1.165, 1.54) is 0 Å². The minimum absolute atomic E-state index is 0.0802. The van der Waals surface area contributed by atoms with E-state index in [9.17, 15) is 8.42 Å². The van der Waals surface area contributed by atoms with E-state index in [4.69, 9.17) is 5.73 Å². The Morgan fingerprint density at radius 1 is 1.40 bits per heavy atom. The molecule has 0 bridgehead atoms. The van der Waals surface area contributed by atoms with Gasteiger partial charge < -0.3 is 5.73 Å². The summed E-state index contributed by atoms with van der Waals surface area (Å²) in [6.45, 7) is 1.93. The van der Waals surface area contributed by atoms with Crippen molar-refractivity contribution in [1.29, 1.82) is 0 Å². The van der Waals surface area contributed by atoms with Crippen molar-refractivity contribution in [3.63, 3.8) is 0 Å². The first-order valence-electron chi connectivity index (χ1n) is 6.32. The van der Waals surface area contributed by atoms with Gasteiger partial charge in [-0.1, -0.05) is 12.1 Å². The van der Waals surface area contributed by atoms with Crippen LogP contribution in [0.3, 0.4) is 0 Å². The molecule has 0 saturated carbocycles. The second-order valence-corrected chi connectivity index (χ2v) is 7.27. The molecule has 1 saturated heterocycles. The van der Waals surface area contributed by atoms with E-state index < -0.39 is 9.84 Å². The number of hydrogen-bond acceptors (Lipinski definition) is 6. The first kappa shape index (κ1) is 13.0. The summed E-state index contributed by atoms with van der Waals surface area (Å²) < 4.78 is 24.8. The predicted molar refractivity (Wildman–Crippen MR) is 74.7 cm³/mol. The number of nitrogen functional groups attached to an aromatic ring is 1. The average Bonchev–Trinajstić information content (AvgIpc) is 2.95. The third kappa shape index (κ3) is 2.15. The van der Waals surface area contributed by atoms with Gasteiger partial charge in [-0.2, -0.15) is 0 Å². The highest BCUT2D eigenvalue weighted by Crippen LogP contribution is 2.31. The monoisotopic (exact) mass is 293 g/mol. The second-order valence-electron chi connectivity index (χ2n) is 5.04. The third-order valence-corrected chi connectivity index (χ3v) is 5.33. The number of sulfone groups is 1. The van der Waals surface area contributed by atoms with Gasteiger partial charge in [0.05, 0.1) is 17.5 Å². The third-order valence-electron chi connectivity index (χ3n) is 3.58. The second kappa shape index (κ2) is 4.55. The van der Waals surface area contributed by atoms with Gasteiger partial charge in [0.25, 0.3) is 0 Å². The number of nitrogens with zero attached hydrogens (tertiary/aromatic N) is 4. The van der Waals surface area contributed by atoms with E-state index in [1.807, 2.05) is 19.1 Å². The minimum Gasteiger partial charge on any atom is -0.398 e. The Balaban J connectivity index is 2.08. The molecule has 20 heavy (non-hydrogen) atoms. The maximum absolute atomic E-state index is 11.6. The van der Waals surface area contributed by atoms with Gasteiger partial charge in [0.15, 0.2) is 15.7 Å². The van der Waals surface area contributed by atoms with Crippen molar-refractivity contribution in [2.45, 2.75) is 19.4 Å². The molecule has 0 spiro atoms. The smallest absolute Gasteiger partial charge is 0.184 e. The number of aromatic nitrogens is 4. The SMILES string of the molecule is Cc1cccc(N)c1-c1nnnn1C1CCS(=O)(=O)C1. The normalized spacial score (nSPS) is 21.1. The molecule has 1 atom stereocenters. The molecule has 2 N–H and O–H groups in total. The van der Waals surface area contributed by atoms with Crippen molar-refractivity contribution < 1.29 is 8.42 Å². The van der Waals surface area contributed by atoms with Gasteiger partial charge in [-0.05, 0) is 35.4 Å². The van der Waals surface area contributed by atoms with Crippen LogP contribution >= 0.6 is 0 Å². The highest BCUT2D eigenvalue weighted by atomic mass is 32.2. The van der Waals surface area contributed by atoms with E-state index in [0.717, 1.165) is 11.1 Å². The molecule has 1 aromatic carbocycles. The Morgan fingerprint density at radius 3 is 2.85 bits per heavy atom. The predicted octanol–water partition coefficient (Wildman–Crippen LogP) is 0.590. The Labute approximate surface area is 116 Å². The zero-order chi connectivity index (χ0) is 14.3. The number of aryl methyl sites for hydroxylation is 1. The van der Waals surface area contributed by atoms with Crippen molar-refractivity contribution in [3.05, 3.63) is 23.8 Å². The number of anilines is 1. The first-order chi connectivity index (χ1) is 9.48. The van der Waals surface area contributed by atoms with Crippen molar-refractivity contribution in [3.8, 4) is 11.4 Å². The van der Waals surface area contributed by atoms with Gasteiger partial charge in [-0.15, -0.1) is 5.10 Å². The van der Waals surface area contributed by atoms with Gasteiger partial charge in [-0.3, -0.25) is 0 Å². The summed E-state index contributed by atoms with van der Waals surface area (Å²) in [5.74, 6) is 0.791. The fourth-order valence-corrected chi connectivity index (χ4v) is 4.26. The Bertz CT molecular complexity index is 733. The Kier molecular flexibility index (Phi) is 2.97. The topological polar surface area (TPSA) is 104 Å². The standard InChI is InChI=1S/C12H15N5O2S/c1-8-3-2-4-10(13)11(8)12-14-15-16-17(12)9-5-6-20(18,19)7-9/h2-4,9H,5-7,13H2,1H3. The van der Waals surface area contributed by atoms with Gasteiger partial charge >= 0.3 is 0 Å². The summed E-state index contributed by atoms with van der Waals surface area (Å²) in [6, 6.07) is 5.36. The minimum atomic E-state index is -2.99. The van der Waals surface area contributed by atoms with E-state index in [1.54, 1.807) is 10.7 Å². The summed E-state index contributed by atoms with van der Waals surface area (Å²) in [4.78, 5) is 0. The van der Waals surface area contributed by atoms with Crippen LogP contribution in [0.2, 0.25) is 0 Å². The van der Waals surface area contributed by atoms with Crippen LogP contribution in [0.25, 0.3) is 11.4 Å². The highest BCUT2D eigenvalue weighted by molar-refractivity contribution is 7.91. The van der Waals surface area contributed by atoms with Crippen LogP contribution < -0.4 is 5.73 Å². The summed E-state index contributed by atoms with van der Waals surface area (Å²) in [7, 11) is -2.99. The summed E-state index contributed by atoms with van der Waals surface area (Å²) in [6.07, 6.45) is 0.534. The Hall–Kier alpha value is -1.96. The molecule has 1 aliphatic heterocycles. The van der Waals surface area contributed by atoms with Crippen LogP contribution in [0.15, 0.2) is 18.2 Å². The van der Waals surface area contributed by atoms with Gasteiger partial charge in [0.1, 0.15) is 0 Å². The zero-order valence-electron chi connectivity index (χ0n) is 11.0. The fourth-order valence-electron chi connectivity index (χ4n) is 2.57. The van der Waals surface area contributed by atoms with E-state index in [0.29, 0.717) is 17.9 Å². The first-order valence-corrected chi connectivity index (χ1v) is 8.14. The van der Waals surface area contributed by atoms with Gasteiger partial charge in [0, 0.05) is 11.3 Å². The van der Waals surface area contributed by atoms with Crippen molar-refractivity contribution in [2.24, 2.45) is 0 Å². The zero-order valence-corrected chi connectivity index (χ0v) is 11.8. The molecule has 3 rings (SSSR count). The number of nitrogens with two attached hydrogens (primary N) is 1. The highest BCUT2D eigenvalue weighted by Gasteiger charge is 2.32. The fraction of sp³-hybridized carbons (Fsp3) is 0.417. The molecule has 1 aromatic heterocycles. The molecule has 2 heterocycles. The van der Waals surface area contributed by atoms with Crippen LogP contribution in [-0.4, -0.2) is 40.1 Å². The maximum Gasteiger partial charge on any atom is 0.184 e. The molecule has 1 aliphatic rings. The van der Waals surface area contributed by atoms with Crippen LogP contribution in [0.4, 0.5) is 5.69 Å². The van der Waals surface area contributed by atoms with Crippen LogP contribution in [0.5, 0.6) is 0 Å². The molecule has 0 amide bonds. The van der Waals surface area contributed by atoms with Crippen molar-refractivity contribution in [1.82, 2.24) is 20.2 Å². The molecule has 0 radical (unpaired) electrons. The molecule has 0 aliphatic carbocycles. The maximum atomic E-state index is 11.6. The van der Waals surface area contributed by atoms with Gasteiger partial charge in [-0.25, -0.2) is 13.1 Å². The summed E-state index contributed by atoms with van der Waals surface area (Å²) in [5.41, 5.74) is 8.32. The lowest BCUT2D eigenvalue weighted by Crippen LogP contribution is -2.14. The lowest BCUT2D eigenvalue weighted by Gasteiger charge is -2.13. The van der Waals surface area contributed by atoms with Crippen LogP contribution in [0.1, 0.15) is 18.0 Å². The Morgan fingerprint density at radius 2 is 2.20 bits per heavy atom. The molecular weight excluding hydrogens is 278 g/mol. The van der Waals surface area contributed by atoms with Crippen molar-refractivity contribution >= 4 is 15.5 Å². The number of benzene rings is 1. The van der Waals surface area contributed by atoms with Crippen molar-refractivity contribution in [2.75, 3.05) is 17.2 Å². The van der Waals surface area contributed by atoms with Crippen LogP contribution in [-0.2, 0) is 9.84 Å².